The van der Waals surface area contributed by atoms with Crippen molar-refractivity contribution >= 4 is 12.4 Å². The summed E-state index contributed by atoms with van der Waals surface area (Å²) in [4.78, 5) is 4.25. The molecule has 1 aromatic heterocycles. The molecule has 0 amide bonds. The maximum atomic E-state index is 14.6. The Hall–Kier alpha value is -1.43. The first-order chi connectivity index (χ1) is 10.7. The highest BCUT2D eigenvalue weighted by Gasteiger charge is 2.27. The van der Waals surface area contributed by atoms with Gasteiger partial charge in [0.15, 0.2) is 0 Å². The predicted molar refractivity (Wildman–Crippen MR) is 89.1 cm³/mol. The summed E-state index contributed by atoms with van der Waals surface area (Å²) in [7, 11) is 1.70. The van der Waals surface area contributed by atoms with E-state index in [0.717, 1.165) is 24.2 Å². The molecule has 1 aliphatic heterocycles. The number of methoxy groups -OCH3 is 1. The van der Waals surface area contributed by atoms with Gasteiger partial charge in [-0.1, -0.05) is 13.0 Å². The summed E-state index contributed by atoms with van der Waals surface area (Å²) in [6.07, 6.45) is 5.17. The molecule has 4 nitrogen and oxygen atoms in total. The lowest BCUT2D eigenvalue weighted by Crippen LogP contribution is -2.31. The molecule has 0 spiro atoms. The Kier molecular flexibility index (Phi) is 6.16. The molecule has 0 aliphatic carbocycles. The molecule has 1 aromatic carbocycles. The number of aromatic nitrogens is 2. The topological polar surface area (TPSA) is 36.3 Å². The zero-order valence-electron chi connectivity index (χ0n) is 13.4. The number of hydrogen-bond acceptors (Lipinski definition) is 3. The molecule has 2 unspecified atom stereocenters. The lowest BCUT2D eigenvalue weighted by atomic mass is 9.90. The number of rotatable bonds is 4. The standard InChI is InChI=1S/C17H21FN2O2.ClH/c1-3-17-19-7-8-20(17)15-5-4-12(10-14(15)18)13-11-22-9-6-16(13)21-2;/h4-5,7-8,10,13,16H,3,6,9,11H2,1-2H3;1H. The third kappa shape index (κ3) is 3.57. The van der Waals surface area contributed by atoms with E-state index in [1.807, 2.05) is 19.1 Å². The SMILES string of the molecule is CCc1nccn1-c1ccc(C2COCCC2OC)cc1F.Cl. The van der Waals surface area contributed by atoms with E-state index in [1.54, 1.807) is 30.1 Å². The molecule has 0 N–H and O–H groups in total. The first-order valence-electron chi connectivity index (χ1n) is 7.67. The third-order valence-electron chi connectivity index (χ3n) is 4.29. The molecule has 0 bridgehead atoms. The number of aryl methyl sites for hydroxylation is 1. The molecule has 0 saturated carbocycles. The van der Waals surface area contributed by atoms with Gasteiger partial charge in [0.05, 0.1) is 18.4 Å². The van der Waals surface area contributed by atoms with E-state index in [9.17, 15) is 4.39 Å². The highest BCUT2D eigenvalue weighted by molar-refractivity contribution is 5.85. The first-order valence-corrected chi connectivity index (χ1v) is 7.67. The number of benzene rings is 1. The Bertz CT molecular complexity index is 647. The zero-order valence-corrected chi connectivity index (χ0v) is 14.2. The summed E-state index contributed by atoms with van der Waals surface area (Å²) in [6.45, 7) is 3.28. The van der Waals surface area contributed by atoms with E-state index < -0.39 is 0 Å². The zero-order chi connectivity index (χ0) is 15.5. The number of halogens is 2. The predicted octanol–water partition coefficient (Wildman–Crippen LogP) is 3.51. The fourth-order valence-corrected chi connectivity index (χ4v) is 3.08. The summed E-state index contributed by atoms with van der Waals surface area (Å²) in [5, 5.41) is 0. The van der Waals surface area contributed by atoms with Gasteiger partial charge >= 0.3 is 0 Å². The van der Waals surface area contributed by atoms with Crippen molar-refractivity contribution in [1.29, 1.82) is 0 Å². The molecule has 23 heavy (non-hydrogen) atoms. The van der Waals surface area contributed by atoms with Crippen LogP contribution < -0.4 is 0 Å². The van der Waals surface area contributed by atoms with E-state index in [2.05, 4.69) is 4.98 Å². The Labute approximate surface area is 142 Å². The Morgan fingerprint density at radius 2 is 2.26 bits per heavy atom. The molecule has 126 valence electrons. The number of ether oxygens (including phenoxy) is 2. The van der Waals surface area contributed by atoms with Gasteiger partial charge in [-0.3, -0.25) is 0 Å². The minimum Gasteiger partial charge on any atom is -0.381 e. The monoisotopic (exact) mass is 340 g/mol. The lowest BCUT2D eigenvalue weighted by molar-refractivity contribution is -0.0286. The fourth-order valence-electron chi connectivity index (χ4n) is 3.08. The third-order valence-corrected chi connectivity index (χ3v) is 4.29. The van der Waals surface area contributed by atoms with Crippen molar-refractivity contribution < 1.29 is 13.9 Å². The summed E-state index contributed by atoms with van der Waals surface area (Å²) in [6, 6.07) is 5.37. The van der Waals surface area contributed by atoms with Crippen LogP contribution in [0.3, 0.4) is 0 Å². The highest BCUT2D eigenvalue weighted by atomic mass is 35.5. The lowest BCUT2D eigenvalue weighted by Gasteiger charge is -2.31. The maximum absolute atomic E-state index is 14.6. The van der Waals surface area contributed by atoms with Crippen LogP contribution in [-0.2, 0) is 15.9 Å². The van der Waals surface area contributed by atoms with Crippen LogP contribution in [0.1, 0.15) is 30.7 Å². The van der Waals surface area contributed by atoms with Crippen LogP contribution in [0.5, 0.6) is 0 Å². The number of hydrogen-bond donors (Lipinski definition) is 0. The Morgan fingerprint density at radius 1 is 1.43 bits per heavy atom. The van der Waals surface area contributed by atoms with Crippen molar-refractivity contribution in [3.63, 3.8) is 0 Å². The van der Waals surface area contributed by atoms with Crippen molar-refractivity contribution in [2.24, 2.45) is 0 Å². The Morgan fingerprint density at radius 3 is 2.96 bits per heavy atom. The van der Waals surface area contributed by atoms with Crippen molar-refractivity contribution in [1.82, 2.24) is 9.55 Å². The van der Waals surface area contributed by atoms with Crippen molar-refractivity contribution in [3.8, 4) is 5.69 Å². The van der Waals surface area contributed by atoms with Crippen molar-refractivity contribution in [3.05, 3.63) is 47.8 Å². The molecule has 1 fully saturated rings. The summed E-state index contributed by atoms with van der Waals surface area (Å²) in [5.74, 6) is 0.684. The van der Waals surface area contributed by atoms with Crippen LogP contribution in [0.2, 0.25) is 0 Å². The highest BCUT2D eigenvalue weighted by Crippen LogP contribution is 2.30. The molecule has 6 heteroatoms. The quantitative estimate of drug-likeness (QED) is 0.854. The van der Waals surface area contributed by atoms with Crippen LogP contribution in [0.15, 0.2) is 30.6 Å². The summed E-state index contributed by atoms with van der Waals surface area (Å²) >= 11 is 0. The fraction of sp³-hybridized carbons (Fsp3) is 0.471. The van der Waals surface area contributed by atoms with Crippen LogP contribution in [0.25, 0.3) is 5.69 Å². The molecule has 1 saturated heterocycles. The second-order valence-corrected chi connectivity index (χ2v) is 5.52. The molecule has 2 aromatic rings. The van der Waals surface area contributed by atoms with Gasteiger partial charge < -0.3 is 14.0 Å². The van der Waals surface area contributed by atoms with Crippen LogP contribution in [0.4, 0.5) is 4.39 Å². The van der Waals surface area contributed by atoms with E-state index >= 15 is 0 Å². The summed E-state index contributed by atoms with van der Waals surface area (Å²) in [5.41, 5.74) is 1.45. The average Bonchev–Trinajstić information content (AvgIpc) is 3.03. The van der Waals surface area contributed by atoms with Gasteiger partial charge in [0.1, 0.15) is 11.6 Å². The second-order valence-electron chi connectivity index (χ2n) is 5.52. The van der Waals surface area contributed by atoms with Gasteiger partial charge in [0.2, 0.25) is 0 Å². The Balaban J connectivity index is 0.00000192. The maximum Gasteiger partial charge on any atom is 0.147 e. The van der Waals surface area contributed by atoms with Gasteiger partial charge in [-0.2, -0.15) is 0 Å². The molecular weight excluding hydrogens is 319 g/mol. The largest absolute Gasteiger partial charge is 0.381 e. The van der Waals surface area contributed by atoms with E-state index in [1.165, 1.54) is 0 Å². The molecule has 0 radical (unpaired) electrons. The van der Waals surface area contributed by atoms with Gasteiger partial charge in [-0.05, 0) is 24.1 Å². The smallest absolute Gasteiger partial charge is 0.147 e. The first kappa shape index (κ1) is 17.9. The van der Waals surface area contributed by atoms with Gasteiger partial charge in [-0.15, -0.1) is 12.4 Å². The van der Waals surface area contributed by atoms with E-state index in [4.69, 9.17) is 9.47 Å². The van der Waals surface area contributed by atoms with E-state index in [-0.39, 0.29) is 30.2 Å². The second kappa shape index (κ2) is 7.90. The minimum absolute atomic E-state index is 0. The number of imidazole rings is 1. The molecule has 2 heterocycles. The minimum atomic E-state index is -0.245. The molecule has 3 rings (SSSR count). The molecular formula is C17H22ClFN2O2. The normalized spacial score (nSPS) is 21.0. The average molecular weight is 341 g/mol. The van der Waals surface area contributed by atoms with Crippen molar-refractivity contribution in [2.45, 2.75) is 31.8 Å². The molecule has 1 aliphatic rings. The van der Waals surface area contributed by atoms with E-state index in [0.29, 0.717) is 18.9 Å². The van der Waals surface area contributed by atoms with Gasteiger partial charge in [-0.25, -0.2) is 9.37 Å². The number of nitrogens with zero attached hydrogens (tertiary/aromatic N) is 2. The summed E-state index contributed by atoms with van der Waals surface area (Å²) < 4.78 is 27.4. The molecule has 2 atom stereocenters. The van der Waals surface area contributed by atoms with Crippen LogP contribution in [0, 0.1) is 5.82 Å². The van der Waals surface area contributed by atoms with Crippen LogP contribution in [-0.4, -0.2) is 36.0 Å². The van der Waals surface area contributed by atoms with Gasteiger partial charge in [0.25, 0.3) is 0 Å². The van der Waals surface area contributed by atoms with Crippen molar-refractivity contribution in [2.75, 3.05) is 20.3 Å². The van der Waals surface area contributed by atoms with Gasteiger partial charge in [0, 0.05) is 38.4 Å². The van der Waals surface area contributed by atoms with Crippen LogP contribution >= 0.6 is 12.4 Å².